The number of anilines is 4. The number of para-hydroxylation sites is 1. The lowest BCUT2D eigenvalue weighted by molar-refractivity contribution is 0.122. The lowest BCUT2D eigenvalue weighted by atomic mass is 10.2. The number of hydrogen-bond acceptors (Lipinski definition) is 9. The van der Waals surface area contributed by atoms with E-state index in [9.17, 15) is 0 Å². The lowest BCUT2D eigenvalue weighted by Crippen LogP contribution is -2.37. The molecule has 0 radical (unpaired) electrons. The minimum Gasteiger partial charge on any atom is -0.455 e. The van der Waals surface area contributed by atoms with E-state index in [1.54, 1.807) is 6.21 Å². The summed E-state index contributed by atoms with van der Waals surface area (Å²) in [5.74, 6) is 2.56. The maximum atomic E-state index is 6.07. The minimum absolute atomic E-state index is 0.313. The fraction of sp³-hybridized carbons (Fsp3) is 0.167. The van der Waals surface area contributed by atoms with Crippen LogP contribution in [0.1, 0.15) is 5.76 Å². The summed E-state index contributed by atoms with van der Waals surface area (Å²) in [5.41, 5.74) is 4.65. The van der Waals surface area contributed by atoms with Gasteiger partial charge in [0.25, 0.3) is 0 Å². The van der Waals surface area contributed by atoms with Gasteiger partial charge in [-0.05, 0) is 36.4 Å². The van der Waals surface area contributed by atoms with Crippen LogP contribution in [0.5, 0.6) is 0 Å². The Balaban J connectivity index is 1.34. The van der Waals surface area contributed by atoms with E-state index in [2.05, 4.69) is 35.7 Å². The molecule has 3 heterocycles. The maximum absolute atomic E-state index is 6.07. The fourth-order valence-corrected chi connectivity index (χ4v) is 3.59. The van der Waals surface area contributed by atoms with Crippen LogP contribution >= 0.6 is 11.6 Å². The Hall–Kier alpha value is -3.95. The number of nitrogens with one attached hydrogen (secondary N) is 2. The first-order valence-corrected chi connectivity index (χ1v) is 11.2. The summed E-state index contributed by atoms with van der Waals surface area (Å²) < 4.78 is 11.3. The van der Waals surface area contributed by atoms with Gasteiger partial charge in [-0.2, -0.15) is 20.1 Å². The number of hydrogen-bond donors (Lipinski definition) is 2. The van der Waals surface area contributed by atoms with E-state index >= 15 is 0 Å². The first-order valence-electron chi connectivity index (χ1n) is 10.8. The second-order valence-corrected chi connectivity index (χ2v) is 7.89. The minimum atomic E-state index is 0.313. The highest BCUT2D eigenvalue weighted by atomic mass is 35.5. The zero-order valence-electron chi connectivity index (χ0n) is 18.2. The van der Waals surface area contributed by atoms with Gasteiger partial charge < -0.3 is 19.4 Å². The molecule has 2 aromatic carbocycles. The molecule has 0 aliphatic carbocycles. The van der Waals surface area contributed by atoms with E-state index in [-0.39, 0.29) is 0 Å². The molecule has 1 aliphatic heterocycles. The predicted molar refractivity (Wildman–Crippen MR) is 133 cm³/mol. The number of rotatable bonds is 7. The topological polar surface area (TPSA) is 101 Å². The van der Waals surface area contributed by atoms with Crippen molar-refractivity contribution >= 4 is 41.3 Å². The molecule has 172 valence electrons. The molecule has 0 unspecified atom stereocenters. The third kappa shape index (κ3) is 5.51. The summed E-state index contributed by atoms with van der Waals surface area (Å²) in [6.45, 7) is 2.66. The molecule has 0 saturated carbocycles. The molecule has 4 aromatic rings. The maximum Gasteiger partial charge on any atom is 0.250 e. The van der Waals surface area contributed by atoms with Gasteiger partial charge in [0.2, 0.25) is 17.8 Å². The van der Waals surface area contributed by atoms with Crippen molar-refractivity contribution in [2.24, 2.45) is 5.10 Å². The monoisotopic (exact) mass is 475 g/mol. The molecule has 2 aromatic heterocycles. The van der Waals surface area contributed by atoms with E-state index in [0.29, 0.717) is 60.7 Å². The van der Waals surface area contributed by atoms with Crippen molar-refractivity contribution in [1.29, 1.82) is 0 Å². The van der Waals surface area contributed by atoms with Crippen molar-refractivity contribution in [2.75, 3.05) is 41.9 Å². The SMILES string of the molecule is Clc1cccc(-c2ccc(/C=N/Nc3nc(Nc4ccccc4)nc(N4CCOCC4)n3)o2)c1. The standard InChI is InChI=1S/C24H22ClN7O2/c25-18-6-4-5-17(15-18)21-10-9-20(34-21)16-26-31-23-28-22(27-19-7-2-1-3-8-19)29-24(30-23)32-11-13-33-14-12-32/h1-10,15-16H,11-14H2,(H2,27,28,29,30,31)/b26-16+. The molecular weight excluding hydrogens is 454 g/mol. The molecular formula is C24H22ClN7O2. The van der Waals surface area contributed by atoms with Crippen molar-refractivity contribution in [3.05, 3.63) is 77.5 Å². The first kappa shape index (κ1) is 21.9. The number of benzene rings is 2. The molecule has 5 rings (SSSR count). The smallest absolute Gasteiger partial charge is 0.250 e. The Kier molecular flexibility index (Phi) is 6.64. The highest BCUT2D eigenvalue weighted by Gasteiger charge is 2.16. The van der Waals surface area contributed by atoms with Gasteiger partial charge in [0.15, 0.2) is 0 Å². The number of aromatic nitrogens is 3. The Morgan fingerprint density at radius 3 is 2.56 bits per heavy atom. The van der Waals surface area contributed by atoms with Crippen LogP contribution in [0.2, 0.25) is 5.02 Å². The van der Waals surface area contributed by atoms with Crippen molar-refractivity contribution < 1.29 is 9.15 Å². The van der Waals surface area contributed by atoms with Crippen molar-refractivity contribution in [1.82, 2.24) is 15.0 Å². The molecule has 1 fully saturated rings. The second kappa shape index (κ2) is 10.3. The van der Waals surface area contributed by atoms with Crippen LogP contribution in [0.3, 0.4) is 0 Å². The number of hydrazone groups is 1. The fourth-order valence-electron chi connectivity index (χ4n) is 3.40. The molecule has 0 atom stereocenters. The summed E-state index contributed by atoms with van der Waals surface area (Å²) >= 11 is 6.07. The van der Waals surface area contributed by atoms with Gasteiger partial charge in [-0.1, -0.05) is 41.9 Å². The van der Waals surface area contributed by atoms with Crippen LogP contribution in [0.25, 0.3) is 11.3 Å². The molecule has 34 heavy (non-hydrogen) atoms. The number of nitrogens with zero attached hydrogens (tertiary/aromatic N) is 5. The third-order valence-corrected chi connectivity index (χ3v) is 5.27. The van der Waals surface area contributed by atoms with Crippen LogP contribution in [0, 0.1) is 0 Å². The van der Waals surface area contributed by atoms with E-state index < -0.39 is 0 Å². The van der Waals surface area contributed by atoms with Crippen molar-refractivity contribution in [3.8, 4) is 11.3 Å². The molecule has 0 spiro atoms. The van der Waals surface area contributed by atoms with E-state index in [4.69, 9.17) is 20.8 Å². The van der Waals surface area contributed by atoms with E-state index in [1.807, 2.05) is 66.7 Å². The van der Waals surface area contributed by atoms with E-state index in [0.717, 1.165) is 11.3 Å². The Bertz CT molecular complexity index is 1270. The van der Waals surface area contributed by atoms with Crippen LogP contribution in [0.4, 0.5) is 23.5 Å². The summed E-state index contributed by atoms with van der Waals surface area (Å²) in [6.07, 6.45) is 1.57. The number of ether oxygens (including phenoxy) is 1. The Morgan fingerprint density at radius 2 is 1.74 bits per heavy atom. The molecule has 9 nitrogen and oxygen atoms in total. The average Bonchev–Trinajstić information content (AvgIpc) is 3.34. The molecule has 0 bridgehead atoms. The highest BCUT2D eigenvalue weighted by molar-refractivity contribution is 6.30. The van der Waals surface area contributed by atoms with Crippen LogP contribution in [0.15, 0.2) is 76.2 Å². The van der Waals surface area contributed by atoms with Gasteiger partial charge in [0, 0.05) is 29.4 Å². The van der Waals surface area contributed by atoms with Gasteiger partial charge >= 0.3 is 0 Å². The van der Waals surface area contributed by atoms with Crippen molar-refractivity contribution in [3.63, 3.8) is 0 Å². The number of halogens is 1. The third-order valence-electron chi connectivity index (χ3n) is 5.04. The van der Waals surface area contributed by atoms with Gasteiger partial charge in [-0.3, -0.25) is 0 Å². The normalized spacial score (nSPS) is 13.9. The molecule has 0 amide bonds. The van der Waals surface area contributed by atoms with E-state index in [1.165, 1.54) is 0 Å². The number of furan rings is 1. The Labute approximate surface area is 201 Å². The number of morpholine rings is 1. The quantitative estimate of drug-likeness (QED) is 0.290. The summed E-state index contributed by atoms with van der Waals surface area (Å²) in [5, 5.41) is 8.12. The van der Waals surface area contributed by atoms with Gasteiger partial charge in [0.05, 0.1) is 19.4 Å². The summed E-state index contributed by atoms with van der Waals surface area (Å²) in [7, 11) is 0. The average molecular weight is 476 g/mol. The first-order chi connectivity index (χ1) is 16.7. The predicted octanol–water partition coefficient (Wildman–Crippen LogP) is 4.81. The van der Waals surface area contributed by atoms with Crippen molar-refractivity contribution in [2.45, 2.75) is 0 Å². The molecule has 2 N–H and O–H groups in total. The van der Waals surface area contributed by atoms with Gasteiger partial charge in [0.1, 0.15) is 11.5 Å². The summed E-state index contributed by atoms with van der Waals surface area (Å²) in [4.78, 5) is 15.6. The summed E-state index contributed by atoms with van der Waals surface area (Å²) in [6, 6.07) is 20.9. The highest BCUT2D eigenvalue weighted by Crippen LogP contribution is 2.24. The largest absolute Gasteiger partial charge is 0.455 e. The zero-order chi connectivity index (χ0) is 23.2. The van der Waals surface area contributed by atoms with Crippen LogP contribution < -0.4 is 15.6 Å². The second-order valence-electron chi connectivity index (χ2n) is 7.46. The van der Waals surface area contributed by atoms with Crippen LogP contribution in [-0.4, -0.2) is 47.5 Å². The lowest BCUT2D eigenvalue weighted by Gasteiger charge is -2.27. The molecule has 1 saturated heterocycles. The van der Waals surface area contributed by atoms with Crippen LogP contribution in [-0.2, 0) is 4.74 Å². The molecule has 1 aliphatic rings. The van der Waals surface area contributed by atoms with Gasteiger partial charge in [-0.15, -0.1) is 0 Å². The zero-order valence-corrected chi connectivity index (χ0v) is 18.9. The Morgan fingerprint density at radius 1 is 0.912 bits per heavy atom. The molecule has 10 heteroatoms. The van der Waals surface area contributed by atoms with Gasteiger partial charge in [-0.25, -0.2) is 5.43 Å².